The summed E-state index contributed by atoms with van der Waals surface area (Å²) in [7, 11) is 2.12. The van der Waals surface area contributed by atoms with Gasteiger partial charge in [0.15, 0.2) is 0 Å². The van der Waals surface area contributed by atoms with Crippen molar-refractivity contribution in [2.45, 2.75) is 32.2 Å². The first-order valence-corrected chi connectivity index (χ1v) is 5.03. The van der Waals surface area contributed by atoms with E-state index in [9.17, 15) is 4.79 Å². The van der Waals surface area contributed by atoms with E-state index in [2.05, 4.69) is 11.9 Å². The van der Waals surface area contributed by atoms with Crippen molar-refractivity contribution < 1.29 is 4.79 Å². The Bertz CT molecular complexity index is 182. The first-order valence-electron chi connectivity index (χ1n) is 5.03. The van der Waals surface area contributed by atoms with Crippen LogP contribution in [-0.4, -0.2) is 36.9 Å². The summed E-state index contributed by atoms with van der Waals surface area (Å²) >= 11 is 0. The normalized spacial score (nSPS) is 26.2. The van der Waals surface area contributed by atoms with Crippen molar-refractivity contribution >= 4 is 5.78 Å². The van der Waals surface area contributed by atoms with Crippen molar-refractivity contribution in [3.8, 4) is 0 Å². The molecule has 0 aromatic carbocycles. The maximum absolute atomic E-state index is 10.8. The zero-order valence-electron chi connectivity index (χ0n) is 8.62. The zero-order chi connectivity index (χ0) is 9.84. The minimum Gasteiger partial charge on any atom is -0.327 e. The Hall–Kier alpha value is -0.410. The van der Waals surface area contributed by atoms with Gasteiger partial charge in [0.05, 0.1) is 0 Å². The van der Waals surface area contributed by atoms with Crippen molar-refractivity contribution in [1.82, 2.24) is 4.90 Å². The molecule has 3 heteroatoms. The number of likely N-dealkylation sites (tertiary alicyclic amines) is 1. The minimum atomic E-state index is 0.217. The molecule has 1 heterocycles. The molecule has 13 heavy (non-hydrogen) atoms. The van der Waals surface area contributed by atoms with Crippen LogP contribution in [0.25, 0.3) is 0 Å². The SMILES string of the molecule is CC(=O)CCC(N)C1CCN(C)C1. The van der Waals surface area contributed by atoms with Gasteiger partial charge >= 0.3 is 0 Å². The molecule has 2 N–H and O–H groups in total. The molecule has 0 aliphatic carbocycles. The topological polar surface area (TPSA) is 46.3 Å². The number of nitrogens with two attached hydrogens (primary N) is 1. The first-order chi connectivity index (χ1) is 6.09. The molecular formula is C10H20N2O. The largest absolute Gasteiger partial charge is 0.327 e. The highest BCUT2D eigenvalue weighted by atomic mass is 16.1. The van der Waals surface area contributed by atoms with Crippen LogP contribution in [0, 0.1) is 5.92 Å². The Labute approximate surface area is 80.3 Å². The quantitative estimate of drug-likeness (QED) is 0.697. The fraction of sp³-hybridized carbons (Fsp3) is 0.900. The van der Waals surface area contributed by atoms with Gasteiger partial charge in [0, 0.05) is 19.0 Å². The molecule has 1 aliphatic rings. The van der Waals surface area contributed by atoms with Crippen LogP contribution in [0.2, 0.25) is 0 Å². The summed E-state index contributed by atoms with van der Waals surface area (Å²) in [6.45, 7) is 3.88. The van der Waals surface area contributed by atoms with Gasteiger partial charge in [0.2, 0.25) is 0 Å². The monoisotopic (exact) mass is 184 g/mol. The molecule has 1 aliphatic heterocycles. The molecule has 1 fully saturated rings. The lowest BCUT2D eigenvalue weighted by Gasteiger charge is -2.18. The summed E-state index contributed by atoms with van der Waals surface area (Å²) in [5.74, 6) is 0.853. The van der Waals surface area contributed by atoms with Gasteiger partial charge in [-0.1, -0.05) is 0 Å². The van der Waals surface area contributed by atoms with Crippen LogP contribution < -0.4 is 5.73 Å². The van der Waals surface area contributed by atoms with Crippen LogP contribution >= 0.6 is 0 Å². The molecule has 1 saturated heterocycles. The number of nitrogens with zero attached hydrogens (tertiary/aromatic N) is 1. The molecule has 0 amide bonds. The molecule has 0 aromatic rings. The Morgan fingerprint density at radius 2 is 2.38 bits per heavy atom. The Morgan fingerprint density at radius 1 is 1.69 bits per heavy atom. The van der Waals surface area contributed by atoms with Gasteiger partial charge < -0.3 is 15.4 Å². The molecule has 0 radical (unpaired) electrons. The molecule has 3 nitrogen and oxygen atoms in total. The lowest BCUT2D eigenvalue weighted by molar-refractivity contribution is -0.117. The van der Waals surface area contributed by atoms with Crippen LogP contribution in [0.5, 0.6) is 0 Å². The summed E-state index contributed by atoms with van der Waals surface area (Å²) in [4.78, 5) is 13.1. The number of rotatable bonds is 4. The average Bonchev–Trinajstić information content (AvgIpc) is 2.47. The summed E-state index contributed by atoms with van der Waals surface area (Å²) in [6, 6.07) is 0.217. The number of carbonyl (C=O) groups excluding carboxylic acids is 1. The van der Waals surface area contributed by atoms with E-state index in [0.717, 1.165) is 19.5 Å². The van der Waals surface area contributed by atoms with Gasteiger partial charge in [-0.25, -0.2) is 0 Å². The van der Waals surface area contributed by atoms with E-state index >= 15 is 0 Å². The number of hydrogen-bond donors (Lipinski definition) is 1. The standard InChI is InChI=1S/C10H20N2O/c1-8(13)3-4-10(11)9-5-6-12(2)7-9/h9-10H,3-7,11H2,1-2H3. The van der Waals surface area contributed by atoms with Crippen molar-refractivity contribution in [3.05, 3.63) is 0 Å². The number of ketones is 1. The molecule has 2 unspecified atom stereocenters. The van der Waals surface area contributed by atoms with Crippen LogP contribution in [0.4, 0.5) is 0 Å². The lowest BCUT2D eigenvalue weighted by Crippen LogP contribution is -2.32. The number of Topliss-reactive ketones (excluding diaryl/α,β-unsaturated/α-hetero) is 1. The summed E-state index contributed by atoms with van der Waals surface area (Å²) in [6.07, 6.45) is 2.69. The van der Waals surface area contributed by atoms with Gasteiger partial charge in [-0.3, -0.25) is 0 Å². The number of hydrogen-bond acceptors (Lipinski definition) is 3. The highest BCUT2D eigenvalue weighted by Gasteiger charge is 2.24. The van der Waals surface area contributed by atoms with Crippen molar-refractivity contribution in [2.75, 3.05) is 20.1 Å². The molecule has 0 spiro atoms. The van der Waals surface area contributed by atoms with E-state index in [1.165, 1.54) is 6.42 Å². The Balaban J connectivity index is 2.23. The van der Waals surface area contributed by atoms with E-state index in [1.54, 1.807) is 6.92 Å². The van der Waals surface area contributed by atoms with Crippen LogP contribution in [0.1, 0.15) is 26.2 Å². The third kappa shape index (κ3) is 3.44. The summed E-state index contributed by atoms with van der Waals surface area (Å²) in [5, 5.41) is 0. The average molecular weight is 184 g/mol. The summed E-state index contributed by atoms with van der Waals surface area (Å²) < 4.78 is 0. The van der Waals surface area contributed by atoms with E-state index in [4.69, 9.17) is 5.73 Å². The molecule has 0 bridgehead atoms. The zero-order valence-corrected chi connectivity index (χ0v) is 8.62. The molecule has 76 valence electrons. The maximum atomic E-state index is 10.8. The Kier molecular flexibility index (Phi) is 3.88. The second kappa shape index (κ2) is 4.72. The van der Waals surface area contributed by atoms with Gasteiger partial charge in [0.1, 0.15) is 5.78 Å². The third-order valence-electron chi connectivity index (χ3n) is 2.86. The third-order valence-corrected chi connectivity index (χ3v) is 2.86. The van der Waals surface area contributed by atoms with Crippen LogP contribution in [0.15, 0.2) is 0 Å². The molecule has 2 atom stereocenters. The van der Waals surface area contributed by atoms with Gasteiger partial charge in [0.25, 0.3) is 0 Å². The highest BCUT2D eigenvalue weighted by Crippen LogP contribution is 2.19. The van der Waals surface area contributed by atoms with Crippen molar-refractivity contribution in [3.63, 3.8) is 0 Å². The molecular weight excluding hydrogens is 164 g/mol. The lowest BCUT2D eigenvalue weighted by atomic mass is 9.95. The first kappa shape index (κ1) is 10.7. The van der Waals surface area contributed by atoms with Gasteiger partial charge in [-0.2, -0.15) is 0 Å². The van der Waals surface area contributed by atoms with E-state index in [0.29, 0.717) is 12.3 Å². The second-order valence-electron chi connectivity index (χ2n) is 4.22. The predicted molar refractivity (Wildman–Crippen MR) is 53.5 cm³/mol. The number of carbonyl (C=O) groups is 1. The maximum Gasteiger partial charge on any atom is 0.129 e. The van der Waals surface area contributed by atoms with E-state index in [-0.39, 0.29) is 11.8 Å². The second-order valence-corrected chi connectivity index (χ2v) is 4.22. The Morgan fingerprint density at radius 3 is 2.85 bits per heavy atom. The highest BCUT2D eigenvalue weighted by molar-refractivity contribution is 5.75. The van der Waals surface area contributed by atoms with Crippen molar-refractivity contribution in [2.24, 2.45) is 11.7 Å². The van der Waals surface area contributed by atoms with E-state index < -0.39 is 0 Å². The van der Waals surface area contributed by atoms with Gasteiger partial charge in [-0.05, 0) is 39.3 Å². The van der Waals surface area contributed by atoms with Gasteiger partial charge in [-0.15, -0.1) is 0 Å². The van der Waals surface area contributed by atoms with Crippen molar-refractivity contribution in [1.29, 1.82) is 0 Å². The van der Waals surface area contributed by atoms with E-state index in [1.807, 2.05) is 0 Å². The minimum absolute atomic E-state index is 0.217. The molecule has 0 aromatic heterocycles. The smallest absolute Gasteiger partial charge is 0.129 e. The fourth-order valence-electron chi connectivity index (χ4n) is 1.92. The fourth-order valence-corrected chi connectivity index (χ4v) is 1.92. The van der Waals surface area contributed by atoms with Crippen LogP contribution in [-0.2, 0) is 4.79 Å². The molecule has 0 saturated carbocycles. The van der Waals surface area contributed by atoms with Crippen LogP contribution in [0.3, 0.4) is 0 Å². The summed E-state index contributed by atoms with van der Waals surface area (Å²) in [5.41, 5.74) is 6.01. The predicted octanol–water partition coefficient (Wildman–Crippen LogP) is 0.635. The molecule has 1 rings (SSSR count).